The van der Waals surface area contributed by atoms with E-state index in [1.165, 1.54) is 0 Å². The highest BCUT2D eigenvalue weighted by Gasteiger charge is 2.60. The van der Waals surface area contributed by atoms with E-state index in [9.17, 15) is 40.2 Å². The maximum absolute atomic E-state index is 11.3. The lowest BCUT2D eigenvalue weighted by Gasteiger charge is -2.43. The number of carbonyl (C=O) groups is 2. The van der Waals surface area contributed by atoms with Crippen molar-refractivity contribution in [3.05, 3.63) is 0 Å². The van der Waals surface area contributed by atoms with Gasteiger partial charge >= 0.3 is 11.9 Å². The van der Waals surface area contributed by atoms with Gasteiger partial charge in [-0.3, -0.25) is 9.59 Å². The third kappa shape index (κ3) is 5.02. The lowest BCUT2D eigenvalue weighted by atomic mass is 9.99. The third-order valence-corrected chi connectivity index (χ3v) is 4.62. The van der Waals surface area contributed by atoms with Crippen LogP contribution in [0.5, 0.6) is 0 Å². The summed E-state index contributed by atoms with van der Waals surface area (Å²) in [5.41, 5.74) is 0. The van der Waals surface area contributed by atoms with Gasteiger partial charge in [0.2, 0.25) is 5.79 Å². The molecular weight excluding hydrogens is 400 g/mol. The Bertz CT molecular complexity index is 585. The zero-order valence-corrected chi connectivity index (χ0v) is 15.8. The van der Waals surface area contributed by atoms with Crippen molar-refractivity contribution in [3.63, 3.8) is 0 Å². The topological polar surface area (TPSA) is 202 Å². The summed E-state index contributed by atoms with van der Waals surface area (Å²) in [5, 5.41) is 59.9. The standard InChI is InChI=1S/C16H26O13/c1-6(19)25-4-9-10(21)11(22)12(23)15(27-9)29-16(5-18)14(24)13(26-7(2)20)8(3-17)28-16/h8-15,17-18,21-24H,3-5H2,1-2H3/t8-,9-,10-,11+,12-,13-,14+,15?,16?/m1/s1. The first kappa shape index (κ1) is 23.9. The average molecular weight is 426 g/mol. The van der Waals surface area contributed by atoms with Gasteiger partial charge in [-0.15, -0.1) is 0 Å². The molecule has 0 bridgehead atoms. The molecule has 0 aliphatic carbocycles. The fourth-order valence-electron chi connectivity index (χ4n) is 3.13. The minimum atomic E-state index is -2.30. The largest absolute Gasteiger partial charge is 0.463 e. The van der Waals surface area contributed by atoms with Gasteiger partial charge in [-0.05, 0) is 0 Å². The Morgan fingerprint density at radius 1 is 0.966 bits per heavy atom. The molecule has 2 saturated heterocycles. The molecule has 13 nitrogen and oxygen atoms in total. The maximum Gasteiger partial charge on any atom is 0.303 e. The van der Waals surface area contributed by atoms with Crippen molar-refractivity contribution in [2.45, 2.75) is 68.7 Å². The summed E-state index contributed by atoms with van der Waals surface area (Å²) in [5.74, 6) is -3.78. The lowest BCUT2D eigenvalue weighted by Crippen LogP contribution is -2.63. The van der Waals surface area contributed by atoms with Crippen LogP contribution in [0, 0.1) is 0 Å². The highest BCUT2D eigenvalue weighted by atomic mass is 16.8. The maximum atomic E-state index is 11.3. The van der Waals surface area contributed by atoms with Crippen LogP contribution in [0.25, 0.3) is 0 Å². The SMILES string of the molecule is CC(=O)OC[C@H]1OC(OC2(CO)O[C@H](CO)[C@@H](OC(C)=O)[C@@H]2O)[C@H](O)[C@@H](O)[C@@H]1O. The molecule has 0 aromatic carbocycles. The van der Waals surface area contributed by atoms with Gasteiger partial charge in [0, 0.05) is 13.8 Å². The van der Waals surface area contributed by atoms with E-state index in [-0.39, 0.29) is 0 Å². The number of carbonyl (C=O) groups excluding carboxylic acids is 2. The van der Waals surface area contributed by atoms with Crippen LogP contribution in [-0.2, 0) is 33.3 Å². The molecule has 168 valence electrons. The molecule has 2 fully saturated rings. The van der Waals surface area contributed by atoms with E-state index in [4.69, 9.17) is 23.7 Å². The van der Waals surface area contributed by atoms with E-state index < -0.39 is 86.6 Å². The van der Waals surface area contributed by atoms with Gasteiger partial charge in [0.15, 0.2) is 12.4 Å². The molecule has 2 unspecified atom stereocenters. The average Bonchev–Trinajstić information content (AvgIpc) is 2.92. The number of hydrogen-bond donors (Lipinski definition) is 6. The number of rotatable bonds is 7. The first-order chi connectivity index (χ1) is 13.6. The number of aliphatic hydroxyl groups excluding tert-OH is 6. The highest BCUT2D eigenvalue weighted by Crippen LogP contribution is 2.37. The number of aliphatic hydroxyl groups is 6. The predicted octanol–water partition coefficient (Wildman–Crippen LogP) is -4.25. The van der Waals surface area contributed by atoms with E-state index >= 15 is 0 Å². The van der Waals surface area contributed by atoms with Gasteiger partial charge in [0.25, 0.3) is 0 Å². The van der Waals surface area contributed by atoms with E-state index in [0.29, 0.717) is 0 Å². The molecule has 2 rings (SSSR count). The zero-order valence-electron chi connectivity index (χ0n) is 15.8. The molecule has 0 saturated carbocycles. The monoisotopic (exact) mass is 426 g/mol. The van der Waals surface area contributed by atoms with E-state index in [1.807, 2.05) is 0 Å². The fraction of sp³-hybridized carbons (Fsp3) is 0.875. The Labute approximate surface area is 165 Å². The molecule has 13 heteroatoms. The summed E-state index contributed by atoms with van der Waals surface area (Å²) in [7, 11) is 0. The van der Waals surface area contributed by atoms with Gasteiger partial charge in [0.05, 0.1) is 6.61 Å². The number of hydrogen-bond acceptors (Lipinski definition) is 13. The summed E-state index contributed by atoms with van der Waals surface area (Å²) in [4.78, 5) is 22.2. The van der Waals surface area contributed by atoms with Gasteiger partial charge in [-0.25, -0.2) is 0 Å². The molecule has 2 aliphatic heterocycles. The van der Waals surface area contributed by atoms with Crippen molar-refractivity contribution in [3.8, 4) is 0 Å². The Morgan fingerprint density at radius 2 is 1.62 bits per heavy atom. The van der Waals surface area contributed by atoms with Crippen LogP contribution in [0.15, 0.2) is 0 Å². The Hall–Kier alpha value is -1.42. The first-order valence-corrected chi connectivity index (χ1v) is 8.82. The second-order valence-corrected chi connectivity index (χ2v) is 6.76. The molecule has 9 atom stereocenters. The second-order valence-electron chi connectivity index (χ2n) is 6.76. The normalized spacial score (nSPS) is 42.5. The van der Waals surface area contributed by atoms with Crippen LogP contribution in [0.1, 0.15) is 13.8 Å². The quantitative estimate of drug-likeness (QED) is 0.214. The van der Waals surface area contributed by atoms with E-state index in [2.05, 4.69) is 0 Å². The summed E-state index contributed by atoms with van der Waals surface area (Å²) >= 11 is 0. The zero-order chi connectivity index (χ0) is 21.9. The van der Waals surface area contributed by atoms with Crippen molar-refractivity contribution >= 4 is 11.9 Å². The third-order valence-electron chi connectivity index (χ3n) is 4.62. The number of esters is 2. The molecule has 29 heavy (non-hydrogen) atoms. The smallest absolute Gasteiger partial charge is 0.303 e. The van der Waals surface area contributed by atoms with Crippen LogP contribution in [-0.4, -0.2) is 117 Å². The van der Waals surface area contributed by atoms with Crippen molar-refractivity contribution in [1.82, 2.24) is 0 Å². The molecular formula is C16H26O13. The first-order valence-electron chi connectivity index (χ1n) is 8.82. The van der Waals surface area contributed by atoms with E-state index in [1.54, 1.807) is 0 Å². The highest BCUT2D eigenvalue weighted by molar-refractivity contribution is 5.66. The molecule has 0 aromatic heterocycles. The van der Waals surface area contributed by atoms with Crippen molar-refractivity contribution in [2.24, 2.45) is 0 Å². The van der Waals surface area contributed by atoms with Crippen LogP contribution >= 0.6 is 0 Å². The Kier molecular flexibility index (Phi) is 7.89. The van der Waals surface area contributed by atoms with Gasteiger partial charge < -0.3 is 54.3 Å². The summed E-state index contributed by atoms with van der Waals surface area (Å²) in [6.07, 6.45) is -12.8. The molecule has 0 radical (unpaired) electrons. The van der Waals surface area contributed by atoms with Gasteiger partial charge in [-0.1, -0.05) is 0 Å². The van der Waals surface area contributed by atoms with Crippen molar-refractivity contribution < 1.29 is 63.9 Å². The molecule has 6 N–H and O–H groups in total. The van der Waals surface area contributed by atoms with Crippen LogP contribution < -0.4 is 0 Å². The summed E-state index contributed by atoms with van der Waals surface area (Å²) in [6.45, 7) is -0.0215. The van der Waals surface area contributed by atoms with Crippen molar-refractivity contribution in [1.29, 1.82) is 0 Å². The summed E-state index contributed by atoms with van der Waals surface area (Å²) in [6, 6.07) is 0. The van der Waals surface area contributed by atoms with Crippen molar-refractivity contribution in [2.75, 3.05) is 19.8 Å². The molecule has 2 aliphatic rings. The molecule has 0 spiro atoms. The fourth-order valence-corrected chi connectivity index (χ4v) is 3.13. The Morgan fingerprint density at radius 3 is 2.14 bits per heavy atom. The van der Waals surface area contributed by atoms with Gasteiger partial charge in [-0.2, -0.15) is 0 Å². The Balaban J connectivity index is 2.21. The van der Waals surface area contributed by atoms with Crippen LogP contribution in [0.3, 0.4) is 0 Å². The predicted molar refractivity (Wildman–Crippen MR) is 87.7 cm³/mol. The van der Waals surface area contributed by atoms with Gasteiger partial charge in [0.1, 0.15) is 49.8 Å². The van der Waals surface area contributed by atoms with Crippen LogP contribution in [0.2, 0.25) is 0 Å². The summed E-state index contributed by atoms with van der Waals surface area (Å²) < 4.78 is 25.7. The number of ether oxygens (including phenoxy) is 5. The van der Waals surface area contributed by atoms with Crippen LogP contribution in [0.4, 0.5) is 0 Å². The lowest BCUT2D eigenvalue weighted by molar-refractivity contribution is -0.383. The molecule has 0 aromatic rings. The minimum absolute atomic E-state index is 0.481. The molecule has 0 amide bonds. The minimum Gasteiger partial charge on any atom is -0.463 e. The molecule has 2 heterocycles. The second kappa shape index (κ2) is 9.59. The van der Waals surface area contributed by atoms with E-state index in [0.717, 1.165) is 13.8 Å².